The fourth-order valence-corrected chi connectivity index (χ4v) is 0.457. The van der Waals surface area contributed by atoms with E-state index in [4.69, 9.17) is 5.73 Å². The highest BCUT2D eigenvalue weighted by molar-refractivity contribution is 5.86. The summed E-state index contributed by atoms with van der Waals surface area (Å²) in [5.41, 5.74) is 4.79. The molecule has 0 fully saturated rings. The molecule has 0 saturated heterocycles. The van der Waals surface area contributed by atoms with E-state index in [1.165, 1.54) is 12.3 Å². The summed E-state index contributed by atoms with van der Waals surface area (Å²) in [6, 6.07) is 3.43. The van der Waals surface area contributed by atoms with Gasteiger partial charge in [-0.05, 0) is 6.07 Å². The first-order valence-electron chi connectivity index (χ1n) is 2.54. The van der Waals surface area contributed by atoms with E-state index in [0.29, 0.717) is 5.82 Å². The SMILES string of the molecule is NC(=O)Nc1c[c]cnn1. The second-order valence-electron chi connectivity index (χ2n) is 1.53. The molecular weight excluding hydrogens is 132 g/mol. The first-order chi connectivity index (χ1) is 4.79. The fraction of sp³-hybridized carbons (Fsp3) is 0. The van der Waals surface area contributed by atoms with Gasteiger partial charge in [0.25, 0.3) is 0 Å². The molecule has 0 aliphatic rings. The molecule has 5 nitrogen and oxygen atoms in total. The van der Waals surface area contributed by atoms with E-state index in [2.05, 4.69) is 21.6 Å². The van der Waals surface area contributed by atoms with Gasteiger partial charge in [-0.15, -0.1) is 5.10 Å². The van der Waals surface area contributed by atoms with Gasteiger partial charge in [-0.3, -0.25) is 5.32 Å². The van der Waals surface area contributed by atoms with Crippen LogP contribution in [0.25, 0.3) is 0 Å². The summed E-state index contributed by atoms with van der Waals surface area (Å²) in [6.07, 6.45) is 1.38. The molecule has 2 amide bonds. The van der Waals surface area contributed by atoms with E-state index in [1.807, 2.05) is 0 Å². The van der Waals surface area contributed by atoms with Crippen LogP contribution in [0.15, 0.2) is 12.3 Å². The maximum absolute atomic E-state index is 10.2. The second kappa shape index (κ2) is 2.77. The fourth-order valence-electron chi connectivity index (χ4n) is 0.457. The zero-order chi connectivity index (χ0) is 7.40. The molecule has 0 atom stereocenters. The van der Waals surface area contributed by atoms with Crippen LogP contribution >= 0.6 is 0 Å². The van der Waals surface area contributed by atoms with E-state index in [9.17, 15) is 4.79 Å². The van der Waals surface area contributed by atoms with Crippen LogP contribution in [0.4, 0.5) is 10.6 Å². The van der Waals surface area contributed by atoms with Crippen molar-refractivity contribution in [2.45, 2.75) is 0 Å². The van der Waals surface area contributed by atoms with Crippen molar-refractivity contribution in [3.8, 4) is 0 Å². The first kappa shape index (κ1) is 6.47. The number of nitrogens with zero attached hydrogens (tertiary/aromatic N) is 2. The Morgan fingerprint density at radius 1 is 1.80 bits per heavy atom. The molecule has 0 aliphatic heterocycles. The first-order valence-corrected chi connectivity index (χ1v) is 2.54. The van der Waals surface area contributed by atoms with Crippen LogP contribution in [0.2, 0.25) is 0 Å². The molecule has 0 spiro atoms. The van der Waals surface area contributed by atoms with Crippen LogP contribution in [0, 0.1) is 6.07 Å². The third kappa shape index (κ3) is 1.70. The van der Waals surface area contributed by atoms with Crippen molar-refractivity contribution in [2.24, 2.45) is 5.73 Å². The standard InChI is InChI=1S/C5H5N4O/c6-5(10)8-4-2-1-3-7-9-4/h2-3H,(H3,6,8,9,10). The number of hydrogen-bond donors (Lipinski definition) is 2. The third-order valence-electron chi connectivity index (χ3n) is 0.769. The summed E-state index contributed by atoms with van der Waals surface area (Å²) in [5, 5.41) is 9.23. The van der Waals surface area contributed by atoms with E-state index >= 15 is 0 Å². The van der Waals surface area contributed by atoms with Crippen LogP contribution in [-0.4, -0.2) is 16.2 Å². The average molecular weight is 137 g/mol. The highest BCUT2D eigenvalue weighted by atomic mass is 16.2. The van der Waals surface area contributed by atoms with Crippen molar-refractivity contribution in [1.29, 1.82) is 0 Å². The van der Waals surface area contributed by atoms with Gasteiger partial charge >= 0.3 is 6.03 Å². The highest BCUT2D eigenvalue weighted by Crippen LogP contribution is 1.94. The van der Waals surface area contributed by atoms with E-state index in [1.54, 1.807) is 0 Å². The molecule has 1 radical (unpaired) electrons. The molecule has 51 valence electrons. The lowest BCUT2D eigenvalue weighted by molar-refractivity contribution is 0.259. The van der Waals surface area contributed by atoms with E-state index in [-0.39, 0.29) is 0 Å². The number of aromatic nitrogens is 2. The molecule has 0 aliphatic carbocycles. The molecule has 5 heteroatoms. The number of hydrogen-bond acceptors (Lipinski definition) is 3. The third-order valence-corrected chi connectivity index (χ3v) is 0.769. The van der Waals surface area contributed by atoms with Crippen molar-refractivity contribution < 1.29 is 4.79 Å². The van der Waals surface area contributed by atoms with E-state index in [0.717, 1.165) is 0 Å². The molecule has 1 aromatic heterocycles. The Labute approximate surface area is 57.3 Å². The minimum Gasteiger partial charge on any atom is -0.351 e. The van der Waals surface area contributed by atoms with Crippen molar-refractivity contribution in [2.75, 3.05) is 5.32 Å². The number of carbonyl (C=O) groups is 1. The normalized spacial score (nSPS) is 8.80. The minimum absolute atomic E-state index is 0.301. The number of amides is 2. The Balaban J connectivity index is 2.67. The molecule has 0 unspecified atom stereocenters. The van der Waals surface area contributed by atoms with Crippen molar-refractivity contribution in [3.63, 3.8) is 0 Å². The van der Waals surface area contributed by atoms with Gasteiger partial charge in [0.15, 0.2) is 5.82 Å². The molecule has 1 heterocycles. The summed E-state index contributed by atoms with van der Waals surface area (Å²) in [7, 11) is 0. The lowest BCUT2D eigenvalue weighted by atomic mass is 10.5. The lowest BCUT2D eigenvalue weighted by Crippen LogP contribution is -2.20. The number of nitrogens with two attached hydrogens (primary N) is 1. The molecule has 10 heavy (non-hydrogen) atoms. The van der Waals surface area contributed by atoms with Gasteiger partial charge in [0.1, 0.15) is 0 Å². The summed E-state index contributed by atoms with van der Waals surface area (Å²) in [4.78, 5) is 10.2. The van der Waals surface area contributed by atoms with Crippen LogP contribution in [-0.2, 0) is 0 Å². The highest BCUT2D eigenvalue weighted by Gasteiger charge is 1.93. The predicted octanol–water partition coefficient (Wildman–Crippen LogP) is -0.233. The summed E-state index contributed by atoms with van der Waals surface area (Å²) < 4.78 is 0. The van der Waals surface area contributed by atoms with Gasteiger partial charge in [-0.25, -0.2) is 4.79 Å². The molecule has 0 bridgehead atoms. The van der Waals surface area contributed by atoms with Crippen molar-refractivity contribution in [3.05, 3.63) is 18.3 Å². The monoisotopic (exact) mass is 137 g/mol. The second-order valence-corrected chi connectivity index (χ2v) is 1.53. The maximum atomic E-state index is 10.2. The molecule has 1 aromatic rings. The zero-order valence-electron chi connectivity index (χ0n) is 5.03. The van der Waals surface area contributed by atoms with Crippen molar-refractivity contribution >= 4 is 11.8 Å². The van der Waals surface area contributed by atoms with Crippen LogP contribution in [0.5, 0.6) is 0 Å². The Morgan fingerprint density at radius 3 is 3.10 bits per heavy atom. The lowest BCUT2D eigenvalue weighted by Gasteiger charge is -1.95. The number of nitrogens with one attached hydrogen (secondary N) is 1. The summed E-state index contributed by atoms with van der Waals surface area (Å²) >= 11 is 0. The van der Waals surface area contributed by atoms with Crippen molar-refractivity contribution in [1.82, 2.24) is 10.2 Å². The van der Waals surface area contributed by atoms with E-state index < -0.39 is 6.03 Å². The smallest absolute Gasteiger partial charge is 0.317 e. The summed E-state index contributed by atoms with van der Waals surface area (Å²) in [6.45, 7) is 0. The molecule has 0 saturated carbocycles. The topological polar surface area (TPSA) is 80.9 Å². The number of rotatable bonds is 1. The summed E-state index contributed by atoms with van der Waals surface area (Å²) in [5.74, 6) is 0.301. The van der Waals surface area contributed by atoms with Gasteiger partial charge in [0.2, 0.25) is 0 Å². The average Bonchev–Trinajstić information content (AvgIpc) is 1.88. The molecule has 1 rings (SSSR count). The number of anilines is 1. The molecular formula is C5H5N4O. The molecule has 3 N–H and O–H groups in total. The molecule has 0 aromatic carbocycles. The van der Waals surface area contributed by atoms with Gasteiger partial charge < -0.3 is 5.73 Å². The predicted molar refractivity (Wildman–Crippen MR) is 34.1 cm³/mol. The number of urea groups is 1. The van der Waals surface area contributed by atoms with Crippen LogP contribution in [0.1, 0.15) is 0 Å². The maximum Gasteiger partial charge on any atom is 0.317 e. The van der Waals surface area contributed by atoms with Crippen LogP contribution in [0.3, 0.4) is 0 Å². The Hall–Kier alpha value is -1.65. The van der Waals surface area contributed by atoms with Gasteiger partial charge in [0, 0.05) is 6.07 Å². The quantitative estimate of drug-likeness (QED) is 0.560. The van der Waals surface area contributed by atoms with Gasteiger partial charge in [-0.1, -0.05) is 0 Å². The zero-order valence-corrected chi connectivity index (χ0v) is 5.03. The van der Waals surface area contributed by atoms with Gasteiger partial charge in [0.05, 0.1) is 6.20 Å². The largest absolute Gasteiger partial charge is 0.351 e. The minimum atomic E-state index is -0.658. The number of primary amides is 1. The Morgan fingerprint density at radius 2 is 2.60 bits per heavy atom. The number of carbonyl (C=O) groups excluding carboxylic acids is 1. The Bertz CT molecular complexity index is 222. The van der Waals surface area contributed by atoms with Crippen LogP contribution < -0.4 is 11.1 Å². The Kier molecular flexibility index (Phi) is 1.79. The van der Waals surface area contributed by atoms with Gasteiger partial charge in [-0.2, -0.15) is 5.10 Å².